The van der Waals surface area contributed by atoms with Gasteiger partial charge in [0.15, 0.2) is 0 Å². The Morgan fingerprint density at radius 2 is 1.44 bits per heavy atom. The lowest BCUT2D eigenvalue weighted by atomic mass is 10.00. The molecule has 0 aliphatic heterocycles. The SMILES string of the molecule is CCCC(C)C(O[Si](c1ccccc1)(c1ccccc1)C(C)(C)C)C(=O)O. The van der Waals surface area contributed by atoms with E-state index in [-0.39, 0.29) is 11.0 Å². The summed E-state index contributed by atoms with van der Waals surface area (Å²) in [7, 11) is -2.85. The minimum Gasteiger partial charge on any atom is -0.479 e. The molecule has 0 spiro atoms. The Hall–Kier alpha value is -1.91. The first-order chi connectivity index (χ1) is 12.7. The molecule has 0 bridgehead atoms. The molecule has 0 aliphatic carbocycles. The second-order valence-corrected chi connectivity index (χ2v) is 12.6. The number of carbonyl (C=O) groups is 1. The van der Waals surface area contributed by atoms with Crippen LogP contribution >= 0.6 is 0 Å². The van der Waals surface area contributed by atoms with Crippen molar-refractivity contribution in [1.82, 2.24) is 0 Å². The summed E-state index contributed by atoms with van der Waals surface area (Å²) in [6.45, 7) is 10.6. The van der Waals surface area contributed by atoms with Gasteiger partial charge in [-0.05, 0) is 27.8 Å². The fourth-order valence-corrected chi connectivity index (χ4v) is 8.63. The Morgan fingerprint density at radius 1 is 1.00 bits per heavy atom. The van der Waals surface area contributed by atoms with Crippen LogP contribution in [0, 0.1) is 5.92 Å². The maximum absolute atomic E-state index is 12.2. The van der Waals surface area contributed by atoms with Crippen LogP contribution in [0.1, 0.15) is 47.5 Å². The van der Waals surface area contributed by atoms with E-state index in [1.165, 1.54) is 0 Å². The van der Waals surface area contributed by atoms with Crippen molar-refractivity contribution in [3.05, 3.63) is 60.7 Å². The minimum atomic E-state index is -2.85. The highest BCUT2D eigenvalue weighted by atomic mass is 28.4. The van der Waals surface area contributed by atoms with Gasteiger partial charge in [0.2, 0.25) is 0 Å². The molecule has 0 amide bonds. The topological polar surface area (TPSA) is 46.5 Å². The third-order valence-electron chi connectivity index (χ3n) is 5.22. The van der Waals surface area contributed by atoms with Crippen molar-refractivity contribution in [3.63, 3.8) is 0 Å². The number of rotatable bonds is 8. The molecule has 0 fully saturated rings. The van der Waals surface area contributed by atoms with E-state index in [0.29, 0.717) is 0 Å². The van der Waals surface area contributed by atoms with E-state index in [9.17, 15) is 9.90 Å². The molecule has 2 aromatic carbocycles. The van der Waals surface area contributed by atoms with E-state index >= 15 is 0 Å². The predicted molar refractivity (Wildman–Crippen MR) is 114 cm³/mol. The molecule has 2 unspecified atom stereocenters. The van der Waals surface area contributed by atoms with Crippen LogP contribution in [0.25, 0.3) is 0 Å². The van der Waals surface area contributed by atoms with Crippen molar-refractivity contribution in [2.75, 3.05) is 0 Å². The summed E-state index contributed by atoms with van der Waals surface area (Å²) in [5, 5.41) is 12.0. The largest absolute Gasteiger partial charge is 0.479 e. The first kappa shape index (κ1) is 21.4. The Kier molecular flexibility index (Phi) is 7.01. The molecule has 1 N–H and O–H groups in total. The van der Waals surface area contributed by atoms with Gasteiger partial charge in [-0.1, -0.05) is 102 Å². The molecule has 0 radical (unpaired) electrons. The van der Waals surface area contributed by atoms with Gasteiger partial charge in [0.25, 0.3) is 8.32 Å². The van der Waals surface area contributed by atoms with E-state index < -0.39 is 20.4 Å². The van der Waals surface area contributed by atoms with Gasteiger partial charge in [0, 0.05) is 0 Å². The lowest BCUT2D eigenvalue weighted by Crippen LogP contribution is -2.68. The summed E-state index contributed by atoms with van der Waals surface area (Å²) >= 11 is 0. The average molecular weight is 385 g/mol. The summed E-state index contributed by atoms with van der Waals surface area (Å²) in [5.74, 6) is -0.918. The van der Waals surface area contributed by atoms with Gasteiger partial charge in [0.1, 0.15) is 6.10 Å². The van der Waals surface area contributed by atoms with Crippen molar-refractivity contribution in [1.29, 1.82) is 0 Å². The molecule has 4 heteroatoms. The van der Waals surface area contributed by atoms with Crippen LogP contribution in [0.4, 0.5) is 0 Å². The summed E-state index contributed by atoms with van der Waals surface area (Å²) in [5.41, 5.74) is 0. The van der Waals surface area contributed by atoms with E-state index in [4.69, 9.17) is 4.43 Å². The van der Waals surface area contributed by atoms with Crippen LogP contribution in [-0.4, -0.2) is 25.5 Å². The molecule has 27 heavy (non-hydrogen) atoms. The second-order valence-electron chi connectivity index (χ2n) is 8.31. The zero-order chi connectivity index (χ0) is 20.1. The van der Waals surface area contributed by atoms with Gasteiger partial charge < -0.3 is 9.53 Å². The van der Waals surface area contributed by atoms with Gasteiger partial charge in [-0.3, -0.25) is 0 Å². The fourth-order valence-electron chi connectivity index (χ4n) is 3.90. The zero-order valence-electron chi connectivity index (χ0n) is 17.1. The predicted octanol–water partition coefficient (Wildman–Crippen LogP) is 4.45. The van der Waals surface area contributed by atoms with Gasteiger partial charge in [0.05, 0.1) is 0 Å². The number of carboxylic acid groups (broad SMARTS) is 1. The van der Waals surface area contributed by atoms with Crippen molar-refractivity contribution < 1.29 is 14.3 Å². The Morgan fingerprint density at radius 3 is 1.78 bits per heavy atom. The van der Waals surface area contributed by atoms with Crippen molar-refractivity contribution in [3.8, 4) is 0 Å². The van der Waals surface area contributed by atoms with Crippen LogP contribution in [0.3, 0.4) is 0 Å². The molecule has 0 aliphatic rings. The molecule has 0 heterocycles. The van der Waals surface area contributed by atoms with E-state index in [1.54, 1.807) is 0 Å². The van der Waals surface area contributed by atoms with Crippen LogP contribution in [0.5, 0.6) is 0 Å². The first-order valence-electron chi connectivity index (χ1n) is 9.75. The van der Waals surface area contributed by atoms with Gasteiger partial charge >= 0.3 is 5.97 Å². The summed E-state index contributed by atoms with van der Waals surface area (Å²) in [6, 6.07) is 20.4. The monoisotopic (exact) mass is 384 g/mol. The summed E-state index contributed by atoms with van der Waals surface area (Å²) in [6.07, 6.45) is 0.945. The lowest BCUT2D eigenvalue weighted by Gasteiger charge is -2.45. The molecule has 2 aromatic rings. The van der Waals surface area contributed by atoms with Gasteiger partial charge in [-0.2, -0.15) is 0 Å². The van der Waals surface area contributed by atoms with Crippen LogP contribution in [-0.2, 0) is 9.22 Å². The quantitative estimate of drug-likeness (QED) is 0.684. The molecule has 0 aromatic heterocycles. The molecule has 0 saturated carbocycles. The van der Waals surface area contributed by atoms with Crippen molar-refractivity contribution in [2.45, 2.75) is 58.6 Å². The third kappa shape index (κ3) is 4.50. The molecule has 0 saturated heterocycles. The van der Waals surface area contributed by atoms with Gasteiger partial charge in [-0.25, -0.2) is 4.79 Å². The highest BCUT2D eigenvalue weighted by Crippen LogP contribution is 2.38. The molecule has 146 valence electrons. The Labute approximate surface area is 164 Å². The molecule has 2 atom stereocenters. The first-order valence-corrected chi connectivity index (χ1v) is 11.7. The summed E-state index contributed by atoms with van der Waals surface area (Å²) in [4.78, 5) is 12.2. The standard InChI is InChI=1S/C23H32O3Si/c1-6-13-18(2)21(22(24)25)26-27(23(3,4)5,19-14-9-7-10-15-19)20-16-11-8-12-17-20/h7-12,14-18,21H,6,13H2,1-5H3,(H,24,25). The van der Waals surface area contributed by atoms with Crippen molar-refractivity contribution in [2.24, 2.45) is 5.92 Å². The lowest BCUT2D eigenvalue weighted by molar-refractivity contribution is -0.148. The average Bonchev–Trinajstić information content (AvgIpc) is 2.63. The summed E-state index contributed by atoms with van der Waals surface area (Å²) < 4.78 is 6.79. The maximum Gasteiger partial charge on any atom is 0.331 e. The number of hydrogen-bond acceptors (Lipinski definition) is 2. The second kappa shape index (κ2) is 8.85. The van der Waals surface area contributed by atoms with E-state index in [0.717, 1.165) is 23.2 Å². The van der Waals surface area contributed by atoms with Crippen LogP contribution in [0.15, 0.2) is 60.7 Å². The molecular weight excluding hydrogens is 352 g/mol. The van der Waals surface area contributed by atoms with E-state index in [2.05, 4.69) is 52.0 Å². The molecular formula is C23H32O3Si. The smallest absolute Gasteiger partial charge is 0.331 e. The number of benzene rings is 2. The number of carboxylic acids is 1. The minimum absolute atomic E-state index is 0.0471. The van der Waals surface area contributed by atoms with Gasteiger partial charge in [-0.15, -0.1) is 0 Å². The molecule has 3 nitrogen and oxygen atoms in total. The highest BCUT2D eigenvalue weighted by molar-refractivity contribution is 6.99. The number of hydrogen-bond donors (Lipinski definition) is 1. The molecule has 2 rings (SSSR count). The number of aliphatic carboxylic acids is 1. The van der Waals surface area contributed by atoms with Crippen LogP contribution < -0.4 is 10.4 Å². The van der Waals surface area contributed by atoms with Crippen LogP contribution in [0.2, 0.25) is 5.04 Å². The Bertz CT molecular complexity index is 683. The fraction of sp³-hybridized carbons (Fsp3) is 0.435. The van der Waals surface area contributed by atoms with E-state index in [1.807, 2.05) is 43.3 Å². The normalized spacial score (nSPS) is 14.6. The zero-order valence-corrected chi connectivity index (χ0v) is 18.1. The Balaban J connectivity index is 2.70. The third-order valence-corrected chi connectivity index (χ3v) is 10.2. The maximum atomic E-state index is 12.2. The van der Waals surface area contributed by atoms with Crippen molar-refractivity contribution >= 4 is 24.7 Å². The highest BCUT2D eigenvalue weighted by Gasteiger charge is 2.52.